The zero-order valence-electron chi connectivity index (χ0n) is 19.1. The molecule has 0 aliphatic heterocycles. The van der Waals surface area contributed by atoms with Crippen molar-refractivity contribution in [3.05, 3.63) is 48.5 Å². The van der Waals surface area contributed by atoms with Crippen molar-refractivity contribution in [3.8, 4) is 17.2 Å². The van der Waals surface area contributed by atoms with Crippen LogP contribution in [-0.4, -0.2) is 50.0 Å². The Morgan fingerprint density at radius 3 is 2.43 bits per heavy atom. The smallest absolute Gasteiger partial charge is 0.328 e. The lowest BCUT2D eigenvalue weighted by atomic mass is 10.2. The van der Waals surface area contributed by atoms with Gasteiger partial charge in [0.15, 0.2) is 0 Å². The van der Waals surface area contributed by atoms with Crippen LogP contribution in [0, 0.1) is 0 Å². The molecule has 0 fully saturated rings. The van der Waals surface area contributed by atoms with E-state index in [1.807, 2.05) is 11.6 Å². The van der Waals surface area contributed by atoms with E-state index in [1.54, 1.807) is 31.4 Å². The number of nitrogens with zero attached hydrogens (tertiary/aromatic N) is 2. The molecule has 1 aromatic heterocycles. The molecule has 2 aromatic carbocycles. The molecule has 0 saturated carbocycles. The molecule has 0 aliphatic rings. The van der Waals surface area contributed by atoms with Crippen LogP contribution in [0.15, 0.2) is 63.1 Å². The Labute approximate surface area is 207 Å². The quantitative estimate of drug-likeness (QED) is 0.256. The summed E-state index contributed by atoms with van der Waals surface area (Å²) in [7, 11) is -2.45. The number of thioether (sulfide) groups is 1. The third-order valence-electron chi connectivity index (χ3n) is 4.56. The van der Waals surface area contributed by atoms with Crippen LogP contribution in [0.1, 0.15) is 19.8 Å². The first-order valence-electron chi connectivity index (χ1n) is 10.6. The first-order chi connectivity index (χ1) is 16.8. The Kier molecular flexibility index (Phi) is 9.09. The lowest BCUT2D eigenvalue weighted by molar-refractivity contribution is -0.113. The summed E-state index contributed by atoms with van der Waals surface area (Å²) < 4.78 is 37.3. The van der Waals surface area contributed by atoms with Crippen molar-refractivity contribution in [1.29, 1.82) is 0 Å². The van der Waals surface area contributed by atoms with Gasteiger partial charge in [-0.25, -0.2) is 17.9 Å². The van der Waals surface area contributed by atoms with E-state index in [0.29, 0.717) is 23.9 Å². The highest BCUT2D eigenvalue weighted by molar-refractivity contribution is 7.99. The molecule has 3 amide bonds. The number of nitrogens with one attached hydrogen (secondary N) is 3. The van der Waals surface area contributed by atoms with E-state index in [0.717, 1.165) is 30.2 Å². The van der Waals surface area contributed by atoms with Gasteiger partial charge in [-0.2, -0.15) is 0 Å². The second-order valence-corrected chi connectivity index (χ2v) is 9.79. The molecule has 3 aromatic rings. The molecule has 0 atom stereocenters. The van der Waals surface area contributed by atoms with Crippen molar-refractivity contribution in [2.45, 2.75) is 29.9 Å². The van der Waals surface area contributed by atoms with Gasteiger partial charge in [0.2, 0.25) is 11.8 Å². The van der Waals surface area contributed by atoms with Crippen LogP contribution in [0.25, 0.3) is 11.5 Å². The van der Waals surface area contributed by atoms with E-state index in [4.69, 9.17) is 9.15 Å². The molecule has 186 valence electrons. The van der Waals surface area contributed by atoms with Crippen LogP contribution in [0.4, 0.5) is 10.5 Å². The number of ether oxygens (including phenoxy) is 1. The molecule has 0 aliphatic carbocycles. The zero-order chi connectivity index (χ0) is 25.3. The minimum atomic E-state index is -4.03. The molecule has 3 N–H and O–H groups in total. The summed E-state index contributed by atoms with van der Waals surface area (Å²) >= 11 is 1.07. The number of rotatable bonds is 11. The third kappa shape index (κ3) is 7.72. The molecule has 0 unspecified atom stereocenters. The second-order valence-electron chi connectivity index (χ2n) is 7.18. The summed E-state index contributed by atoms with van der Waals surface area (Å²) in [5.41, 5.74) is 1.11. The van der Waals surface area contributed by atoms with Gasteiger partial charge in [0, 0.05) is 17.8 Å². The van der Waals surface area contributed by atoms with Crippen LogP contribution in [0.3, 0.4) is 0 Å². The molecule has 0 radical (unpaired) electrons. The Balaban J connectivity index is 1.50. The number of carbonyl (C=O) groups excluding carboxylic acids is 2. The Morgan fingerprint density at radius 1 is 1.06 bits per heavy atom. The molecule has 11 nitrogen and oxygen atoms in total. The van der Waals surface area contributed by atoms with Crippen molar-refractivity contribution in [2.75, 3.05) is 24.7 Å². The van der Waals surface area contributed by atoms with Gasteiger partial charge in [-0.05, 0) is 55.0 Å². The number of methoxy groups -OCH3 is 1. The van der Waals surface area contributed by atoms with E-state index in [-0.39, 0.29) is 21.8 Å². The summed E-state index contributed by atoms with van der Waals surface area (Å²) in [6.45, 7) is 2.34. The average molecular weight is 520 g/mol. The predicted molar refractivity (Wildman–Crippen MR) is 131 cm³/mol. The number of hydrogen-bond donors (Lipinski definition) is 3. The van der Waals surface area contributed by atoms with Crippen LogP contribution in [0.5, 0.6) is 5.75 Å². The normalized spacial score (nSPS) is 11.0. The fraction of sp³-hybridized carbons (Fsp3) is 0.273. The molecule has 35 heavy (non-hydrogen) atoms. The summed E-state index contributed by atoms with van der Waals surface area (Å²) in [4.78, 5) is 23.9. The van der Waals surface area contributed by atoms with E-state index in [9.17, 15) is 18.0 Å². The monoisotopic (exact) mass is 519 g/mol. The van der Waals surface area contributed by atoms with Crippen LogP contribution in [-0.2, 0) is 14.8 Å². The minimum Gasteiger partial charge on any atom is -0.497 e. The van der Waals surface area contributed by atoms with E-state index < -0.39 is 16.1 Å². The van der Waals surface area contributed by atoms with Crippen LogP contribution in [0.2, 0.25) is 0 Å². The average Bonchev–Trinajstić information content (AvgIpc) is 3.32. The van der Waals surface area contributed by atoms with Crippen molar-refractivity contribution >= 4 is 39.4 Å². The van der Waals surface area contributed by atoms with Crippen LogP contribution < -0.4 is 20.1 Å². The Hall–Kier alpha value is -3.58. The van der Waals surface area contributed by atoms with Gasteiger partial charge in [0.05, 0.1) is 17.8 Å². The van der Waals surface area contributed by atoms with E-state index in [1.165, 1.54) is 24.3 Å². The van der Waals surface area contributed by atoms with Gasteiger partial charge in [-0.1, -0.05) is 25.1 Å². The largest absolute Gasteiger partial charge is 0.497 e. The van der Waals surface area contributed by atoms with Crippen molar-refractivity contribution < 1.29 is 27.2 Å². The van der Waals surface area contributed by atoms with E-state index in [2.05, 4.69) is 20.8 Å². The number of aromatic nitrogens is 2. The number of amides is 3. The summed E-state index contributed by atoms with van der Waals surface area (Å²) in [6, 6.07) is 11.8. The maximum absolute atomic E-state index is 12.3. The summed E-state index contributed by atoms with van der Waals surface area (Å²) in [5.74, 6) is 0.682. The highest BCUT2D eigenvalue weighted by Gasteiger charge is 2.17. The number of carbonyl (C=O) groups is 2. The van der Waals surface area contributed by atoms with Gasteiger partial charge in [0.1, 0.15) is 5.75 Å². The number of benzene rings is 2. The third-order valence-corrected chi connectivity index (χ3v) is 6.73. The van der Waals surface area contributed by atoms with Crippen molar-refractivity contribution in [2.24, 2.45) is 0 Å². The topological polar surface area (TPSA) is 153 Å². The maximum Gasteiger partial charge on any atom is 0.328 e. The highest BCUT2D eigenvalue weighted by Crippen LogP contribution is 2.25. The fourth-order valence-electron chi connectivity index (χ4n) is 2.76. The molecule has 13 heteroatoms. The van der Waals surface area contributed by atoms with Gasteiger partial charge in [-0.15, -0.1) is 10.2 Å². The number of hydrogen-bond acceptors (Lipinski definition) is 9. The number of urea groups is 1. The summed E-state index contributed by atoms with van der Waals surface area (Å²) in [6.07, 6.45) is 1.62. The molecule has 1 heterocycles. The van der Waals surface area contributed by atoms with Crippen LogP contribution >= 0.6 is 11.8 Å². The fourth-order valence-corrected chi connectivity index (χ4v) is 4.25. The molecular weight excluding hydrogens is 494 g/mol. The molecule has 0 bridgehead atoms. The van der Waals surface area contributed by atoms with Gasteiger partial charge >= 0.3 is 6.03 Å². The Morgan fingerprint density at radius 2 is 1.77 bits per heavy atom. The first-order valence-corrected chi connectivity index (χ1v) is 13.1. The van der Waals surface area contributed by atoms with Crippen molar-refractivity contribution in [1.82, 2.24) is 20.2 Å². The molecule has 3 rings (SSSR count). The van der Waals surface area contributed by atoms with E-state index >= 15 is 0 Å². The maximum atomic E-state index is 12.3. The van der Waals surface area contributed by atoms with Gasteiger partial charge in [0.25, 0.3) is 15.2 Å². The second kappa shape index (κ2) is 12.2. The lowest BCUT2D eigenvalue weighted by Gasteiger charge is -2.09. The SMILES string of the molecule is CCCCNC(=O)NS(=O)(=O)c1ccc(NC(=O)CSc2nnc(-c3ccc(OC)cc3)o2)cc1. The highest BCUT2D eigenvalue weighted by atomic mass is 32.2. The minimum absolute atomic E-state index is 0.00375. The summed E-state index contributed by atoms with van der Waals surface area (Å²) in [5, 5.41) is 13.3. The number of sulfonamides is 1. The standard InChI is InChI=1S/C22H25N5O6S2/c1-3-4-13-23-21(29)27-35(30,31)18-11-7-16(8-12-18)24-19(28)14-34-22-26-25-20(33-22)15-5-9-17(32-2)10-6-15/h5-12H,3-4,13-14H2,1-2H3,(H,24,28)(H2,23,27,29). The molecule has 0 saturated heterocycles. The van der Waals surface area contributed by atoms with Crippen molar-refractivity contribution in [3.63, 3.8) is 0 Å². The number of anilines is 1. The van der Waals surface area contributed by atoms with Gasteiger partial charge < -0.3 is 19.8 Å². The predicted octanol–water partition coefficient (Wildman–Crippen LogP) is 3.26. The zero-order valence-corrected chi connectivity index (χ0v) is 20.7. The number of unbranched alkanes of at least 4 members (excludes halogenated alkanes) is 1. The van der Waals surface area contributed by atoms with Gasteiger partial charge in [-0.3, -0.25) is 4.79 Å². The molecule has 0 spiro atoms. The molecular formula is C22H25N5O6S2. The lowest BCUT2D eigenvalue weighted by Crippen LogP contribution is -2.39. The Bertz CT molecular complexity index is 1240. The first kappa shape index (κ1) is 26.0.